The first-order valence-electron chi connectivity index (χ1n) is 25.2. The third kappa shape index (κ3) is 47.7. The van der Waals surface area contributed by atoms with Crippen LogP contribution in [0, 0.1) is 5.92 Å². The quantitative estimate of drug-likeness (QED) is 0.0353. The average Bonchev–Trinajstić information content (AvgIpc) is 3.18. The highest BCUT2D eigenvalue weighted by Gasteiger charge is 2.23. The summed E-state index contributed by atoms with van der Waals surface area (Å²) in [5.74, 6) is -0.0114. The van der Waals surface area contributed by atoms with Gasteiger partial charge < -0.3 is 19.3 Å². The molecule has 0 saturated heterocycles. The SMILES string of the molecule is CCCCCCCCCCCCCCCCCCCCCC(=O)O[C@H](COC(=O)CCCCCCCCCCCCCCCCCCCCC(C)C)COP(=O)(O)O. The first kappa shape index (κ1) is 57.1. The molecule has 0 amide bonds. The van der Waals surface area contributed by atoms with Gasteiger partial charge in [-0.15, -0.1) is 0 Å². The second-order valence-corrected chi connectivity index (χ2v) is 19.2. The van der Waals surface area contributed by atoms with Gasteiger partial charge in [-0.1, -0.05) is 252 Å². The summed E-state index contributed by atoms with van der Waals surface area (Å²) in [6.07, 6.45) is 48.4. The van der Waals surface area contributed by atoms with E-state index >= 15 is 0 Å². The molecular weight excluding hydrogens is 748 g/mol. The van der Waals surface area contributed by atoms with Gasteiger partial charge in [0.05, 0.1) is 6.61 Å². The molecule has 0 spiro atoms. The standard InChI is InChI=1S/C49H97O8P/c1-4-5-6-7-8-9-10-11-12-13-14-19-22-25-28-31-34-37-40-43-49(51)57-47(45-56-58(52,53)54)44-55-48(50)42-39-36-33-30-27-24-21-18-16-15-17-20-23-26-29-32-35-38-41-46(2)3/h46-47H,4-45H2,1-3H3,(H2,52,53,54)/t47-/m1/s1. The van der Waals surface area contributed by atoms with Crippen molar-refractivity contribution in [3.8, 4) is 0 Å². The van der Waals surface area contributed by atoms with Gasteiger partial charge in [0.25, 0.3) is 0 Å². The molecule has 8 nitrogen and oxygen atoms in total. The molecule has 0 aliphatic rings. The van der Waals surface area contributed by atoms with Crippen LogP contribution >= 0.6 is 7.82 Å². The number of hydrogen-bond acceptors (Lipinski definition) is 6. The number of hydrogen-bond donors (Lipinski definition) is 2. The van der Waals surface area contributed by atoms with Crippen LogP contribution in [0.1, 0.15) is 278 Å². The second-order valence-electron chi connectivity index (χ2n) is 18.0. The maximum Gasteiger partial charge on any atom is 0.469 e. The number of carbonyl (C=O) groups is 2. The van der Waals surface area contributed by atoms with Crippen LogP contribution in [0.5, 0.6) is 0 Å². The van der Waals surface area contributed by atoms with Gasteiger partial charge in [0.15, 0.2) is 6.10 Å². The minimum atomic E-state index is -4.75. The zero-order valence-electron chi connectivity index (χ0n) is 38.6. The van der Waals surface area contributed by atoms with E-state index in [-0.39, 0.29) is 19.4 Å². The minimum absolute atomic E-state index is 0.220. The van der Waals surface area contributed by atoms with Gasteiger partial charge in [-0.05, 0) is 18.8 Å². The highest BCUT2D eigenvalue weighted by atomic mass is 31.2. The molecule has 0 saturated carbocycles. The highest BCUT2D eigenvalue weighted by molar-refractivity contribution is 7.46. The Labute approximate surface area is 359 Å². The molecule has 0 aliphatic heterocycles. The van der Waals surface area contributed by atoms with E-state index in [4.69, 9.17) is 19.3 Å². The van der Waals surface area contributed by atoms with Gasteiger partial charge in [0, 0.05) is 12.8 Å². The summed E-state index contributed by atoms with van der Waals surface area (Å²) in [6, 6.07) is 0. The first-order valence-corrected chi connectivity index (χ1v) is 26.7. The predicted molar refractivity (Wildman–Crippen MR) is 244 cm³/mol. The van der Waals surface area contributed by atoms with E-state index in [0.717, 1.165) is 38.0 Å². The Hall–Kier alpha value is -0.950. The van der Waals surface area contributed by atoms with Gasteiger partial charge in [-0.25, -0.2) is 4.57 Å². The highest BCUT2D eigenvalue weighted by Crippen LogP contribution is 2.36. The molecule has 0 aromatic rings. The third-order valence-electron chi connectivity index (χ3n) is 11.6. The van der Waals surface area contributed by atoms with Crippen molar-refractivity contribution in [1.29, 1.82) is 0 Å². The molecule has 0 aromatic heterocycles. The van der Waals surface area contributed by atoms with Crippen molar-refractivity contribution < 1.29 is 37.9 Å². The monoisotopic (exact) mass is 845 g/mol. The van der Waals surface area contributed by atoms with E-state index in [1.807, 2.05) is 0 Å². The van der Waals surface area contributed by atoms with Crippen molar-refractivity contribution in [1.82, 2.24) is 0 Å². The lowest BCUT2D eigenvalue weighted by atomic mass is 10.0. The largest absolute Gasteiger partial charge is 0.469 e. The minimum Gasteiger partial charge on any atom is -0.462 e. The number of ether oxygens (including phenoxy) is 2. The van der Waals surface area contributed by atoms with Crippen molar-refractivity contribution in [2.75, 3.05) is 13.2 Å². The number of unbranched alkanes of at least 4 members (excludes halogenated alkanes) is 35. The normalized spacial score (nSPS) is 12.4. The topological polar surface area (TPSA) is 119 Å². The van der Waals surface area contributed by atoms with E-state index in [1.54, 1.807) is 0 Å². The van der Waals surface area contributed by atoms with E-state index in [0.29, 0.717) is 6.42 Å². The Morgan fingerprint density at radius 1 is 0.431 bits per heavy atom. The van der Waals surface area contributed by atoms with Crippen molar-refractivity contribution >= 4 is 19.8 Å². The van der Waals surface area contributed by atoms with Crippen LogP contribution in [0.15, 0.2) is 0 Å². The maximum atomic E-state index is 12.5. The number of phosphoric acid groups is 1. The van der Waals surface area contributed by atoms with Gasteiger partial charge in [-0.3, -0.25) is 14.1 Å². The van der Waals surface area contributed by atoms with Crippen LogP contribution in [0.3, 0.4) is 0 Å². The van der Waals surface area contributed by atoms with Crippen molar-refractivity contribution in [3.05, 3.63) is 0 Å². The molecule has 0 aromatic carbocycles. The molecule has 346 valence electrons. The number of carbonyl (C=O) groups excluding carboxylic acids is 2. The van der Waals surface area contributed by atoms with Crippen LogP contribution < -0.4 is 0 Å². The zero-order valence-corrected chi connectivity index (χ0v) is 39.5. The summed E-state index contributed by atoms with van der Waals surface area (Å²) in [5, 5.41) is 0. The summed E-state index contributed by atoms with van der Waals surface area (Å²) in [7, 11) is -4.75. The van der Waals surface area contributed by atoms with Crippen LogP contribution in [0.2, 0.25) is 0 Å². The van der Waals surface area contributed by atoms with Gasteiger partial charge in [0.2, 0.25) is 0 Å². The van der Waals surface area contributed by atoms with Crippen molar-refractivity contribution in [2.45, 2.75) is 284 Å². The third-order valence-corrected chi connectivity index (χ3v) is 12.0. The summed E-state index contributed by atoms with van der Waals surface area (Å²) in [4.78, 5) is 43.1. The van der Waals surface area contributed by atoms with Crippen LogP contribution in [-0.4, -0.2) is 41.0 Å². The molecule has 9 heteroatoms. The smallest absolute Gasteiger partial charge is 0.462 e. The average molecular weight is 845 g/mol. The fourth-order valence-electron chi connectivity index (χ4n) is 7.80. The summed E-state index contributed by atoms with van der Waals surface area (Å²) in [6.45, 7) is 6.11. The van der Waals surface area contributed by atoms with Gasteiger partial charge >= 0.3 is 19.8 Å². The molecule has 0 aliphatic carbocycles. The van der Waals surface area contributed by atoms with Crippen LogP contribution in [-0.2, 0) is 28.2 Å². The van der Waals surface area contributed by atoms with E-state index in [9.17, 15) is 14.2 Å². The Morgan fingerprint density at radius 2 is 0.724 bits per heavy atom. The molecule has 0 fully saturated rings. The fourth-order valence-corrected chi connectivity index (χ4v) is 8.16. The Bertz CT molecular complexity index is 922. The Balaban J connectivity index is 3.76. The summed E-state index contributed by atoms with van der Waals surface area (Å²) in [5.41, 5.74) is 0. The lowest BCUT2D eigenvalue weighted by molar-refractivity contribution is -0.161. The van der Waals surface area contributed by atoms with E-state index in [2.05, 4.69) is 25.3 Å². The molecule has 0 radical (unpaired) electrons. The molecule has 58 heavy (non-hydrogen) atoms. The van der Waals surface area contributed by atoms with Crippen LogP contribution in [0.25, 0.3) is 0 Å². The summed E-state index contributed by atoms with van der Waals surface area (Å²) >= 11 is 0. The Kier molecular flexibility index (Phi) is 43.4. The Morgan fingerprint density at radius 3 is 1.03 bits per heavy atom. The van der Waals surface area contributed by atoms with Crippen molar-refractivity contribution in [3.63, 3.8) is 0 Å². The maximum absolute atomic E-state index is 12.5. The molecule has 1 atom stereocenters. The van der Waals surface area contributed by atoms with Crippen molar-refractivity contribution in [2.24, 2.45) is 5.92 Å². The first-order chi connectivity index (χ1) is 28.1. The summed E-state index contributed by atoms with van der Waals surface area (Å²) < 4.78 is 26.5. The van der Waals surface area contributed by atoms with E-state index < -0.39 is 32.5 Å². The second kappa shape index (κ2) is 44.1. The predicted octanol–water partition coefficient (Wildman–Crippen LogP) is 15.8. The number of esters is 2. The zero-order chi connectivity index (χ0) is 42.6. The molecule has 0 rings (SSSR count). The van der Waals surface area contributed by atoms with Gasteiger partial charge in [-0.2, -0.15) is 0 Å². The lowest BCUT2D eigenvalue weighted by Gasteiger charge is -2.18. The molecular formula is C49H97O8P. The molecule has 0 bridgehead atoms. The lowest BCUT2D eigenvalue weighted by Crippen LogP contribution is -2.29. The molecule has 0 unspecified atom stereocenters. The molecule has 2 N–H and O–H groups in total. The number of rotatable bonds is 47. The fraction of sp³-hybridized carbons (Fsp3) is 0.959. The number of phosphoric ester groups is 1. The molecule has 0 heterocycles. The van der Waals surface area contributed by atoms with E-state index in [1.165, 1.54) is 205 Å². The van der Waals surface area contributed by atoms with Crippen LogP contribution in [0.4, 0.5) is 0 Å². The van der Waals surface area contributed by atoms with Gasteiger partial charge in [0.1, 0.15) is 6.61 Å².